The number of nitrogens with two attached hydrogens (primary N) is 1. The van der Waals surface area contributed by atoms with Gasteiger partial charge in [0.2, 0.25) is 11.8 Å². The van der Waals surface area contributed by atoms with Crippen molar-refractivity contribution in [2.75, 3.05) is 0 Å². The summed E-state index contributed by atoms with van der Waals surface area (Å²) in [6.45, 7) is 0. The van der Waals surface area contributed by atoms with Gasteiger partial charge in [0.15, 0.2) is 5.65 Å². The second-order valence-corrected chi connectivity index (χ2v) is 9.73. The molecule has 32 heavy (non-hydrogen) atoms. The van der Waals surface area contributed by atoms with Crippen molar-refractivity contribution in [2.45, 2.75) is 75.3 Å². The Kier molecular flexibility index (Phi) is 5.18. The molecule has 1 amide bonds. The number of aromatic nitrogens is 3. The van der Waals surface area contributed by atoms with E-state index >= 15 is 0 Å². The number of nitrogens with one attached hydrogen (secondary N) is 1. The number of alkyl halides is 4. The molecular formula is C22H27F4N5O. The molecule has 0 aliphatic heterocycles. The minimum absolute atomic E-state index is 0.0574. The van der Waals surface area contributed by atoms with E-state index in [2.05, 4.69) is 15.4 Å². The SMILES string of the molecule is N[C@H](c1cn2ncc([C@H](NC(=O)C[C@@H]3CC3(F)F)C3CC3)cc2n1)C1CCC(F)(F)CC1. The fraction of sp³-hybridized carbons (Fsp3) is 0.682. The van der Waals surface area contributed by atoms with Crippen molar-refractivity contribution in [1.82, 2.24) is 19.9 Å². The summed E-state index contributed by atoms with van der Waals surface area (Å²) < 4.78 is 54.8. The van der Waals surface area contributed by atoms with Gasteiger partial charge in [0.25, 0.3) is 5.92 Å². The molecule has 10 heteroatoms. The third-order valence-corrected chi connectivity index (χ3v) is 7.13. The van der Waals surface area contributed by atoms with Crippen molar-refractivity contribution in [2.24, 2.45) is 23.5 Å². The van der Waals surface area contributed by atoms with E-state index < -0.39 is 23.8 Å². The van der Waals surface area contributed by atoms with Crippen LogP contribution in [-0.4, -0.2) is 32.4 Å². The Labute approximate surface area is 182 Å². The van der Waals surface area contributed by atoms with E-state index in [1.165, 1.54) is 0 Å². The Bertz CT molecular complexity index is 1010. The molecule has 3 aliphatic rings. The molecule has 0 saturated heterocycles. The van der Waals surface area contributed by atoms with Gasteiger partial charge in [0, 0.05) is 31.6 Å². The van der Waals surface area contributed by atoms with E-state index in [9.17, 15) is 22.4 Å². The van der Waals surface area contributed by atoms with Crippen LogP contribution in [0.2, 0.25) is 0 Å². The van der Waals surface area contributed by atoms with Crippen molar-refractivity contribution >= 4 is 11.6 Å². The highest BCUT2D eigenvalue weighted by Crippen LogP contribution is 2.51. The Balaban J connectivity index is 1.30. The molecule has 174 valence electrons. The molecule has 0 bridgehead atoms. The van der Waals surface area contributed by atoms with Crippen LogP contribution < -0.4 is 11.1 Å². The smallest absolute Gasteiger partial charge is 0.252 e. The van der Waals surface area contributed by atoms with E-state index in [0.29, 0.717) is 24.2 Å². The van der Waals surface area contributed by atoms with Crippen LogP contribution in [0.4, 0.5) is 17.6 Å². The minimum Gasteiger partial charge on any atom is -0.349 e. The maximum atomic E-state index is 13.5. The maximum absolute atomic E-state index is 13.5. The number of fused-ring (bicyclic) bond motifs is 1. The number of imidazole rings is 1. The van der Waals surface area contributed by atoms with E-state index in [1.807, 2.05) is 6.07 Å². The molecule has 3 aliphatic carbocycles. The molecule has 0 radical (unpaired) electrons. The van der Waals surface area contributed by atoms with Gasteiger partial charge in [0.1, 0.15) is 0 Å². The van der Waals surface area contributed by atoms with Crippen molar-refractivity contribution < 1.29 is 22.4 Å². The first kappa shape index (κ1) is 21.6. The molecule has 0 spiro atoms. The first-order valence-corrected chi connectivity index (χ1v) is 11.3. The number of halogens is 4. The van der Waals surface area contributed by atoms with Gasteiger partial charge in [-0.15, -0.1) is 0 Å². The number of hydrogen-bond acceptors (Lipinski definition) is 4. The summed E-state index contributed by atoms with van der Waals surface area (Å²) in [5, 5.41) is 7.31. The Morgan fingerprint density at radius 1 is 1.19 bits per heavy atom. The fourth-order valence-electron chi connectivity index (χ4n) is 4.75. The normalized spacial score (nSPS) is 26.6. The van der Waals surface area contributed by atoms with E-state index in [-0.39, 0.29) is 49.5 Å². The van der Waals surface area contributed by atoms with Crippen LogP contribution in [-0.2, 0) is 4.79 Å². The van der Waals surface area contributed by atoms with E-state index in [4.69, 9.17) is 5.73 Å². The zero-order valence-electron chi connectivity index (χ0n) is 17.6. The average Bonchev–Trinajstić information content (AvgIpc) is 3.62. The molecule has 6 nitrogen and oxygen atoms in total. The maximum Gasteiger partial charge on any atom is 0.252 e. The molecule has 5 rings (SSSR count). The molecule has 3 fully saturated rings. The second kappa shape index (κ2) is 7.67. The van der Waals surface area contributed by atoms with Gasteiger partial charge in [0.05, 0.1) is 30.2 Å². The molecule has 3 N–H and O–H groups in total. The topological polar surface area (TPSA) is 85.3 Å². The van der Waals surface area contributed by atoms with Crippen LogP contribution in [0, 0.1) is 17.8 Å². The number of carbonyl (C=O) groups excluding carboxylic acids is 1. The van der Waals surface area contributed by atoms with Gasteiger partial charge in [-0.25, -0.2) is 27.1 Å². The van der Waals surface area contributed by atoms with E-state index in [0.717, 1.165) is 18.4 Å². The molecule has 2 aromatic rings. The van der Waals surface area contributed by atoms with Gasteiger partial charge in [-0.1, -0.05) is 0 Å². The zero-order valence-corrected chi connectivity index (χ0v) is 17.6. The fourth-order valence-corrected chi connectivity index (χ4v) is 4.75. The van der Waals surface area contributed by atoms with Crippen LogP contribution in [0.25, 0.3) is 5.65 Å². The summed E-state index contributed by atoms with van der Waals surface area (Å²) in [5.41, 5.74) is 8.29. The summed E-state index contributed by atoms with van der Waals surface area (Å²) in [6.07, 6.45) is 5.28. The number of carbonyl (C=O) groups is 1. The standard InChI is InChI=1S/C22H27F4N5O/c23-21(24)5-3-12(4-6-21)19(27)16-11-31-17(29-16)7-14(10-28-31)20(13-1-2-13)30-18(32)8-15-9-22(15,25)26/h7,10-13,15,19-20H,1-6,8-9,27H2,(H,30,32)/t15-,19+,20-/m1/s1. The quantitative estimate of drug-likeness (QED) is 0.617. The van der Waals surface area contributed by atoms with Crippen molar-refractivity contribution in [3.8, 4) is 0 Å². The van der Waals surface area contributed by atoms with Gasteiger partial charge in [-0.05, 0) is 49.1 Å². The number of rotatable bonds is 7. The lowest BCUT2D eigenvalue weighted by atomic mass is 9.81. The molecule has 2 heterocycles. The van der Waals surface area contributed by atoms with Crippen molar-refractivity contribution in [3.05, 3.63) is 29.7 Å². The predicted octanol–water partition coefficient (Wildman–Crippen LogP) is 4.17. The third kappa shape index (κ3) is 4.46. The van der Waals surface area contributed by atoms with Crippen LogP contribution >= 0.6 is 0 Å². The summed E-state index contributed by atoms with van der Waals surface area (Å²) in [4.78, 5) is 16.9. The zero-order chi connectivity index (χ0) is 22.7. The molecule has 2 aromatic heterocycles. The van der Waals surface area contributed by atoms with Crippen molar-refractivity contribution in [3.63, 3.8) is 0 Å². The lowest BCUT2D eigenvalue weighted by molar-refractivity contribution is -0.123. The first-order chi connectivity index (χ1) is 15.1. The molecule has 3 atom stereocenters. The summed E-state index contributed by atoms with van der Waals surface area (Å²) in [7, 11) is 0. The van der Waals surface area contributed by atoms with Crippen molar-refractivity contribution in [1.29, 1.82) is 0 Å². The minimum atomic E-state index is -2.72. The molecule has 0 aromatic carbocycles. The molecule has 3 saturated carbocycles. The van der Waals surface area contributed by atoms with Gasteiger partial charge >= 0.3 is 0 Å². The Morgan fingerprint density at radius 3 is 2.50 bits per heavy atom. The van der Waals surface area contributed by atoms with Crippen LogP contribution in [0.15, 0.2) is 18.5 Å². The highest BCUT2D eigenvalue weighted by molar-refractivity contribution is 5.77. The highest BCUT2D eigenvalue weighted by Gasteiger charge is 2.57. The Hall–Kier alpha value is -2.23. The average molecular weight is 453 g/mol. The van der Waals surface area contributed by atoms with Crippen LogP contribution in [0.3, 0.4) is 0 Å². The van der Waals surface area contributed by atoms with E-state index in [1.54, 1.807) is 16.9 Å². The number of hydrogen-bond donors (Lipinski definition) is 2. The summed E-state index contributed by atoms with van der Waals surface area (Å²) in [6, 6.07) is 1.09. The van der Waals surface area contributed by atoms with Crippen LogP contribution in [0.1, 0.15) is 74.7 Å². The third-order valence-electron chi connectivity index (χ3n) is 7.13. The lowest BCUT2D eigenvalue weighted by Gasteiger charge is -2.31. The molecule has 0 unspecified atom stereocenters. The molecular weight excluding hydrogens is 426 g/mol. The van der Waals surface area contributed by atoms with Gasteiger partial charge < -0.3 is 11.1 Å². The number of amides is 1. The summed E-state index contributed by atoms with van der Waals surface area (Å²) in [5.74, 6) is -6.36. The number of nitrogens with zero attached hydrogens (tertiary/aromatic N) is 3. The predicted molar refractivity (Wildman–Crippen MR) is 108 cm³/mol. The first-order valence-electron chi connectivity index (χ1n) is 11.3. The largest absolute Gasteiger partial charge is 0.349 e. The summed E-state index contributed by atoms with van der Waals surface area (Å²) >= 11 is 0. The monoisotopic (exact) mass is 453 g/mol. The van der Waals surface area contributed by atoms with Gasteiger partial charge in [-0.3, -0.25) is 4.79 Å². The lowest BCUT2D eigenvalue weighted by Crippen LogP contribution is -2.31. The Morgan fingerprint density at radius 2 is 1.88 bits per heavy atom. The van der Waals surface area contributed by atoms with Gasteiger partial charge in [-0.2, -0.15) is 5.10 Å². The second-order valence-electron chi connectivity index (χ2n) is 9.73. The highest BCUT2D eigenvalue weighted by atomic mass is 19.3. The van der Waals surface area contributed by atoms with Crippen LogP contribution in [0.5, 0.6) is 0 Å².